The van der Waals surface area contributed by atoms with Crippen LogP contribution in [0.2, 0.25) is 0 Å². The predicted octanol–water partition coefficient (Wildman–Crippen LogP) is 5.40. The fourth-order valence-electron chi connectivity index (χ4n) is 3.81. The lowest BCUT2D eigenvalue weighted by atomic mass is 10.1. The molecule has 0 unspecified atom stereocenters. The highest BCUT2D eigenvalue weighted by atomic mass is 32.2. The van der Waals surface area contributed by atoms with Gasteiger partial charge in [0.15, 0.2) is 5.16 Å². The smallest absolute Gasteiger partial charge is 0.268 e. The van der Waals surface area contributed by atoms with E-state index in [9.17, 15) is 9.59 Å². The number of unbranched alkanes of at least 4 members (excludes halogenated alkanes) is 1. The first-order chi connectivity index (χ1) is 16.0. The number of thioether (sulfide) groups is 2. The van der Waals surface area contributed by atoms with Crippen molar-refractivity contribution in [2.24, 2.45) is 0 Å². The lowest BCUT2D eigenvalue weighted by Gasteiger charge is -2.14. The highest BCUT2D eigenvalue weighted by Crippen LogP contribution is 2.34. The molecule has 172 valence electrons. The molecule has 0 radical (unpaired) electrons. The molecule has 0 saturated carbocycles. The Morgan fingerprint density at radius 2 is 1.91 bits per heavy atom. The highest BCUT2D eigenvalue weighted by Gasteiger charge is 2.26. The quantitative estimate of drug-likeness (QED) is 0.329. The van der Waals surface area contributed by atoms with Crippen molar-refractivity contribution in [1.29, 1.82) is 0 Å². The molecule has 1 aromatic heterocycles. The molecule has 7 heteroatoms. The summed E-state index contributed by atoms with van der Waals surface area (Å²) in [6.07, 6.45) is 4.17. The van der Waals surface area contributed by atoms with Crippen LogP contribution in [-0.2, 0) is 24.2 Å². The molecule has 0 aliphatic carbocycles. The van der Waals surface area contributed by atoms with Crippen molar-refractivity contribution in [3.8, 4) is 0 Å². The molecule has 1 amide bonds. The Hall–Kier alpha value is -2.51. The van der Waals surface area contributed by atoms with E-state index in [4.69, 9.17) is 4.98 Å². The van der Waals surface area contributed by atoms with E-state index in [2.05, 4.69) is 31.3 Å². The van der Waals surface area contributed by atoms with Crippen LogP contribution in [0.3, 0.4) is 0 Å². The first kappa shape index (κ1) is 23.6. The molecule has 5 nitrogen and oxygen atoms in total. The van der Waals surface area contributed by atoms with Gasteiger partial charge in [-0.25, -0.2) is 4.98 Å². The van der Waals surface area contributed by atoms with Crippen molar-refractivity contribution in [2.45, 2.75) is 61.4 Å². The number of benzene rings is 2. The lowest BCUT2D eigenvalue weighted by Crippen LogP contribution is -2.26. The number of aromatic nitrogens is 2. The Balaban J connectivity index is 1.47. The summed E-state index contributed by atoms with van der Waals surface area (Å²) in [6, 6.07) is 17.9. The SMILES string of the molecule is CCCCc1ccc(NC(=O)CSc2nc3c(c(=O)n2Cc2ccccc2)S[C@H](C)C3)cc1. The van der Waals surface area contributed by atoms with Gasteiger partial charge in [0, 0.05) is 17.4 Å². The second-order valence-corrected chi connectivity index (χ2v) is 10.7. The maximum atomic E-state index is 13.3. The van der Waals surface area contributed by atoms with Crippen LogP contribution in [0.5, 0.6) is 0 Å². The highest BCUT2D eigenvalue weighted by molar-refractivity contribution is 8.00. The van der Waals surface area contributed by atoms with Crippen molar-refractivity contribution in [3.63, 3.8) is 0 Å². The van der Waals surface area contributed by atoms with Gasteiger partial charge in [-0.1, -0.05) is 74.5 Å². The summed E-state index contributed by atoms with van der Waals surface area (Å²) in [7, 11) is 0. The maximum absolute atomic E-state index is 13.3. The Bertz CT molecular complexity index is 1160. The Morgan fingerprint density at radius 3 is 2.64 bits per heavy atom. The summed E-state index contributed by atoms with van der Waals surface area (Å²) in [5, 5.41) is 3.90. The van der Waals surface area contributed by atoms with Crippen molar-refractivity contribution in [3.05, 3.63) is 81.8 Å². The number of hydrogen-bond acceptors (Lipinski definition) is 5. The zero-order chi connectivity index (χ0) is 23.2. The minimum atomic E-state index is -0.106. The molecule has 0 saturated heterocycles. The van der Waals surface area contributed by atoms with E-state index in [1.54, 1.807) is 16.3 Å². The molecule has 1 aliphatic heterocycles. The van der Waals surface area contributed by atoms with Gasteiger partial charge in [0.25, 0.3) is 5.56 Å². The molecular formula is C26H29N3O2S2. The average molecular weight is 480 g/mol. The van der Waals surface area contributed by atoms with E-state index >= 15 is 0 Å². The molecule has 0 fully saturated rings. The fraction of sp³-hybridized carbons (Fsp3) is 0.346. The van der Waals surface area contributed by atoms with Gasteiger partial charge in [-0.2, -0.15) is 0 Å². The Morgan fingerprint density at radius 1 is 1.15 bits per heavy atom. The van der Waals surface area contributed by atoms with Gasteiger partial charge in [0.2, 0.25) is 5.91 Å². The standard InChI is InChI=1S/C26H29N3O2S2/c1-3-4-8-19-11-13-21(14-12-19)27-23(30)17-32-26-28-22-15-18(2)33-24(22)25(31)29(26)16-20-9-6-5-7-10-20/h5-7,9-14,18H,3-4,8,15-17H2,1-2H3,(H,27,30)/t18-/m1/s1. The molecular weight excluding hydrogens is 450 g/mol. The lowest BCUT2D eigenvalue weighted by molar-refractivity contribution is -0.113. The van der Waals surface area contributed by atoms with Gasteiger partial charge in [-0.05, 0) is 36.1 Å². The summed E-state index contributed by atoms with van der Waals surface area (Å²) in [5.41, 5.74) is 3.95. The summed E-state index contributed by atoms with van der Waals surface area (Å²) < 4.78 is 1.71. The van der Waals surface area contributed by atoms with Gasteiger partial charge in [0.05, 0.1) is 22.9 Å². The van der Waals surface area contributed by atoms with E-state index in [1.165, 1.54) is 23.7 Å². The Labute approximate surface area is 203 Å². The third kappa shape index (κ3) is 6.09. The molecule has 2 aromatic carbocycles. The van der Waals surface area contributed by atoms with Crippen LogP contribution < -0.4 is 10.9 Å². The van der Waals surface area contributed by atoms with E-state index in [0.717, 1.165) is 41.1 Å². The van der Waals surface area contributed by atoms with Crippen molar-refractivity contribution in [1.82, 2.24) is 9.55 Å². The third-order valence-electron chi connectivity index (χ3n) is 5.54. The monoisotopic (exact) mass is 479 g/mol. The molecule has 3 aromatic rings. The summed E-state index contributed by atoms with van der Waals surface area (Å²) in [6.45, 7) is 4.74. The number of anilines is 1. The number of carbonyl (C=O) groups excluding carboxylic acids is 1. The van der Waals surface area contributed by atoms with E-state index in [1.807, 2.05) is 42.5 Å². The molecule has 1 atom stereocenters. The average Bonchev–Trinajstić information content (AvgIpc) is 3.20. The minimum Gasteiger partial charge on any atom is -0.325 e. The van der Waals surface area contributed by atoms with E-state index in [-0.39, 0.29) is 17.2 Å². The van der Waals surface area contributed by atoms with Gasteiger partial charge in [0.1, 0.15) is 0 Å². The zero-order valence-corrected chi connectivity index (χ0v) is 20.7. The second kappa shape index (κ2) is 11.1. The van der Waals surface area contributed by atoms with Crippen LogP contribution in [0, 0.1) is 0 Å². The molecule has 2 heterocycles. The fourth-order valence-corrected chi connectivity index (χ4v) is 5.74. The third-order valence-corrected chi connectivity index (χ3v) is 7.73. The van der Waals surface area contributed by atoms with Gasteiger partial charge in [-0.15, -0.1) is 11.8 Å². The number of amides is 1. The number of hydrogen-bond donors (Lipinski definition) is 1. The number of fused-ring (bicyclic) bond motifs is 1. The first-order valence-electron chi connectivity index (χ1n) is 11.4. The number of rotatable bonds is 9. The van der Waals surface area contributed by atoms with Gasteiger partial charge in [-0.3, -0.25) is 14.2 Å². The zero-order valence-electron chi connectivity index (χ0n) is 19.0. The van der Waals surface area contributed by atoms with E-state index < -0.39 is 0 Å². The maximum Gasteiger partial charge on any atom is 0.268 e. The van der Waals surface area contributed by atoms with Crippen LogP contribution in [0.4, 0.5) is 5.69 Å². The van der Waals surface area contributed by atoms with Crippen LogP contribution >= 0.6 is 23.5 Å². The Kier molecular flexibility index (Phi) is 7.93. The van der Waals surface area contributed by atoms with Crippen LogP contribution in [0.25, 0.3) is 0 Å². The number of aryl methyl sites for hydroxylation is 1. The van der Waals surface area contributed by atoms with Crippen molar-refractivity contribution < 1.29 is 4.79 Å². The molecule has 1 aliphatic rings. The number of carbonyl (C=O) groups is 1. The van der Waals surface area contributed by atoms with Gasteiger partial charge < -0.3 is 5.32 Å². The molecule has 1 N–H and O–H groups in total. The topological polar surface area (TPSA) is 64.0 Å². The normalized spacial score (nSPS) is 14.8. The van der Waals surface area contributed by atoms with Crippen LogP contribution in [-0.4, -0.2) is 26.5 Å². The second-order valence-electron chi connectivity index (χ2n) is 8.32. The van der Waals surface area contributed by atoms with Crippen molar-refractivity contribution in [2.75, 3.05) is 11.1 Å². The summed E-state index contributed by atoms with van der Waals surface area (Å²) >= 11 is 2.92. The van der Waals surface area contributed by atoms with E-state index in [0.29, 0.717) is 17.0 Å². The summed E-state index contributed by atoms with van der Waals surface area (Å²) in [5.74, 6) is 0.0883. The number of nitrogens with one attached hydrogen (secondary N) is 1. The van der Waals surface area contributed by atoms with Crippen molar-refractivity contribution >= 4 is 35.1 Å². The largest absolute Gasteiger partial charge is 0.325 e. The predicted molar refractivity (Wildman–Crippen MR) is 137 cm³/mol. The molecule has 0 spiro atoms. The molecule has 33 heavy (non-hydrogen) atoms. The van der Waals surface area contributed by atoms with Crippen LogP contribution in [0.15, 0.2) is 69.4 Å². The van der Waals surface area contributed by atoms with Gasteiger partial charge >= 0.3 is 0 Å². The number of nitrogens with zero attached hydrogens (tertiary/aromatic N) is 2. The first-order valence-corrected chi connectivity index (χ1v) is 13.3. The summed E-state index contributed by atoms with van der Waals surface area (Å²) in [4.78, 5) is 31.4. The molecule has 0 bridgehead atoms. The molecule has 4 rings (SSSR count). The minimum absolute atomic E-state index is 0.0104. The van der Waals surface area contributed by atoms with Crippen LogP contribution in [0.1, 0.15) is 43.5 Å².